The van der Waals surface area contributed by atoms with E-state index in [1.165, 1.54) is 14.2 Å². The number of benzene rings is 1. The zero-order valence-corrected chi connectivity index (χ0v) is 15.7. The Bertz CT molecular complexity index is 611. The molecule has 1 aromatic carbocycles. The second-order valence-corrected chi connectivity index (χ2v) is 9.32. The lowest BCUT2D eigenvalue weighted by molar-refractivity contribution is 0.0619. The van der Waals surface area contributed by atoms with Crippen LogP contribution < -0.4 is 5.12 Å². The van der Waals surface area contributed by atoms with Gasteiger partial charge in [0.15, 0.2) is 17.5 Å². The molecule has 0 heterocycles. The molecule has 1 aromatic rings. The molecule has 0 saturated carbocycles. The van der Waals surface area contributed by atoms with Gasteiger partial charge < -0.3 is 8.85 Å². The van der Waals surface area contributed by atoms with Gasteiger partial charge in [0, 0.05) is 14.2 Å². The summed E-state index contributed by atoms with van der Waals surface area (Å²) in [5.41, 5.74) is -1.22. The zero-order valence-electron chi connectivity index (χ0n) is 14.7. The average molecular weight is 400 g/mol. The quantitative estimate of drug-likeness (QED) is 0.199. The third-order valence-corrected chi connectivity index (χ3v) is 7.73. The SMILES string of the molecule is CC[Si](CCCCN(F)C(=O)N(F)c1ccc(F)c(F)c1F)(OC)OC. The normalized spacial score (nSPS) is 11.5. The minimum atomic E-state index is -2.35. The van der Waals surface area contributed by atoms with Gasteiger partial charge >= 0.3 is 14.6 Å². The molecule has 2 amide bonds. The lowest BCUT2D eigenvalue weighted by atomic mass is 10.3. The maximum Gasteiger partial charge on any atom is 0.381 e. The fraction of sp³-hybridized carbons (Fsp3) is 0.533. The molecule has 0 radical (unpaired) electrons. The van der Waals surface area contributed by atoms with Gasteiger partial charge in [-0.2, -0.15) is 5.12 Å². The number of halogens is 5. The van der Waals surface area contributed by atoms with E-state index in [2.05, 4.69) is 0 Å². The van der Waals surface area contributed by atoms with Crippen LogP contribution >= 0.6 is 0 Å². The number of nitrogens with zero attached hydrogens (tertiary/aromatic N) is 2. The number of anilines is 1. The van der Waals surface area contributed by atoms with Gasteiger partial charge in [-0.15, -0.1) is 5.12 Å². The molecule has 0 aliphatic heterocycles. The van der Waals surface area contributed by atoms with Crippen molar-refractivity contribution in [3.05, 3.63) is 29.6 Å². The number of amides is 2. The van der Waals surface area contributed by atoms with Crippen LogP contribution in [0.5, 0.6) is 0 Å². The average Bonchev–Trinajstić information content (AvgIpc) is 2.65. The molecule has 0 bridgehead atoms. The van der Waals surface area contributed by atoms with Gasteiger partial charge in [-0.05, 0) is 37.1 Å². The minimum Gasteiger partial charge on any atom is -0.398 e. The molecule has 0 aliphatic carbocycles. The highest BCUT2D eigenvalue weighted by molar-refractivity contribution is 6.67. The Hall–Kier alpha value is -1.72. The maximum atomic E-state index is 13.9. The Morgan fingerprint density at radius 1 is 1.08 bits per heavy atom. The van der Waals surface area contributed by atoms with E-state index in [0.717, 1.165) is 0 Å². The summed E-state index contributed by atoms with van der Waals surface area (Å²) < 4.78 is 77.8. The van der Waals surface area contributed by atoms with Crippen LogP contribution in [0.3, 0.4) is 0 Å². The first-order valence-electron chi connectivity index (χ1n) is 7.90. The fourth-order valence-electron chi connectivity index (χ4n) is 2.36. The van der Waals surface area contributed by atoms with Crippen molar-refractivity contribution < 1.29 is 35.8 Å². The highest BCUT2D eigenvalue weighted by Crippen LogP contribution is 2.25. The summed E-state index contributed by atoms with van der Waals surface area (Å²) in [6, 6.07) is 0.326. The molecule has 0 aromatic heterocycles. The molecule has 11 heteroatoms. The van der Waals surface area contributed by atoms with Crippen LogP contribution in [-0.2, 0) is 8.85 Å². The van der Waals surface area contributed by atoms with Gasteiger partial charge in [-0.3, -0.25) is 0 Å². The van der Waals surface area contributed by atoms with Crippen molar-refractivity contribution in [2.45, 2.75) is 31.9 Å². The van der Waals surface area contributed by atoms with Crippen LogP contribution in [0.15, 0.2) is 12.1 Å². The summed E-state index contributed by atoms with van der Waals surface area (Å²) in [5.74, 6) is -5.43. The highest BCUT2D eigenvalue weighted by atomic mass is 28.4. The number of carbonyl (C=O) groups is 1. The summed E-state index contributed by atoms with van der Waals surface area (Å²) >= 11 is 0. The molecular formula is C15H21F5N2O3Si. The van der Waals surface area contributed by atoms with E-state index in [-0.39, 0.29) is 6.42 Å². The van der Waals surface area contributed by atoms with Crippen LogP contribution in [0.4, 0.5) is 32.6 Å². The Morgan fingerprint density at radius 3 is 2.23 bits per heavy atom. The highest BCUT2D eigenvalue weighted by Gasteiger charge is 2.33. The number of unbranched alkanes of at least 4 members (excludes halogenated alkanes) is 1. The van der Waals surface area contributed by atoms with E-state index in [9.17, 15) is 26.9 Å². The van der Waals surface area contributed by atoms with Crippen molar-refractivity contribution in [1.29, 1.82) is 0 Å². The van der Waals surface area contributed by atoms with E-state index in [1.54, 1.807) is 0 Å². The van der Waals surface area contributed by atoms with E-state index < -0.39 is 54.5 Å². The van der Waals surface area contributed by atoms with Crippen molar-refractivity contribution in [3.63, 3.8) is 0 Å². The van der Waals surface area contributed by atoms with Crippen LogP contribution in [0.1, 0.15) is 19.8 Å². The summed E-state index contributed by atoms with van der Waals surface area (Å²) in [7, 11) is 0.711. The predicted molar refractivity (Wildman–Crippen MR) is 87.4 cm³/mol. The largest absolute Gasteiger partial charge is 0.398 e. The van der Waals surface area contributed by atoms with Crippen LogP contribution in [0, 0.1) is 17.5 Å². The van der Waals surface area contributed by atoms with Gasteiger partial charge in [0.05, 0.1) is 6.54 Å². The molecule has 26 heavy (non-hydrogen) atoms. The molecule has 0 spiro atoms. The molecule has 0 aliphatic rings. The van der Waals surface area contributed by atoms with E-state index in [1.807, 2.05) is 6.92 Å². The monoisotopic (exact) mass is 400 g/mol. The Morgan fingerprint density at radius 2 is 1.69 bits per heavy atom. The molecule has 0 atom stereocenters. The van der Waals surface area contributed by atoms with Crippen LogP contribution in [0.25, 0.3) is 0 Å². The minimum absolute atomic E-state index is 0.178. The van der Waals surface area contributed by atoms with Gasteiger partial charge in [0.1, 0.15) is 5.69 Å². The standard InChI is InChI=1S/C15H21F5N2O3Si/c1-4-26(24-2,25-3)10-6-5-9-21(19)15(23)22(20)12-8-7-11(16)13(17)14(12)18/h7-8H,4-6,9-10H2,1-3H3. The van der Waals surface area contributed by atoms with Crippen LogP contribution in [0.2, 0.25) is 12.1 Å². The maximum absolute atomic E-state index is 13.9. The second kappa shape index (κ2) is 9.83. The number of carbonyl (C=O) groups excluding carboxylic acids is 1. The summed E-state index contributed by atoms with van der Waals surface area (Å²) in [6.07, 6.45) is 0.638. The van der Waals surface area contributed by atoms with E-state index in [4.69, 9.17) is 8.85 Å². The molecule has 5 nitrogen and oxygen atoms in total. The Kier molecular flexibility index (Phi) is 8.44. The van der Waals surface area contributed by atoms with Gasteiger partial charge in [0.2, 0.25) is 0 Å². The number of rotatable bonds is 9. The molecule has 0 N–H and O–H groups in total. The Balaban J connectivity index is 2.61. The fourth-order valence-corrected chi connectivity index (χ4v) is 4.65. The lowest BCUT2D eigenvalue weighted by Gasteiger charge is -2.26. The van der Waals surface area contributed by atoms with Crippen molar-refractivity contribution in [1.82, 2.24) is 5.12 Å². The summed E-state index contributed by atoms with van der Waals surface area (Å²) in [4.78, 5) is 11.6. The summed E-state index contributed by atoms with van der Waals surface area (Å²) in [6.45, 7) is 1.44. The predicted octanol–water partition coefficient (Wildman–Crippen LogP) is 4.64. The molecule has 1 rings (SSSR count). The number of hydrogen-bond donors (Lipinski definition) is 0. The first-order chi connectivity index (χ1) is 12.2. The third kappa shape index (κ3) is 5.14. The lowest BCUT2D eigenvalue weighted by Crippen LogP contribution is -2.39. The van der Waals surface area contributed by atoms with Gasteiger partial charge in [0.25, 0.3) is 0 Å². The topological polar surface area (TPSA) is 42.0 Å². The molecule has 0 fully saturated rings. The first-order valence-corrected chi connectivity index (χ1v) is 10.1. The Labute approximate surface area is 149 Å². The molecule has 148 valence electrons. The van der Waals surface area contributed by atoms with Crippen molar-refractivity contribution in [3.8, 4) is 0 Å². The number of hydrogen-bond acceptors (Lipinski definition) is 3. The summed E-state index contributed by atoms with van der Waals surface area (Å²) in [5, 5.41) is -1.37. The smallest absolute Gasteiger partial charge is 0.381 e. The van der Waals surface area contributed by atoms with Crippen molar-refractivity contribution >= 4 is 20.3 Å². The van der Waals surface area contributed by atoms with Crippen LogP contribution in [-0.4, -0.2) is 40.5 Å². The third-order valence-electron chi connectivity index (χ3n) is 4.05. The van der Waals surface area contributed by atoms with Crippen molar-refractivity contribution in [2.24, 2.45) is 0 Å². The zero-order chi connectivity index (χ0) is 19.9. The first kappa shape index (κ1) is 22.3. The van der Waals surface area contributed by atoms with Gasteiger partial charge in [-0.25, -0.2) is 18.0 Å². The molecular weight excluding hydrogens is 379 g/mol. The van der Waals surface area contributed by atoms with E-state index >= 15 is 0 Å². The number of urea groups is 1. The second-order valence-electron chi connectivity index (χ2n) is 5.47. The molecule has 0 saturated heterocycles. The van der Waals surface area contributed by atoms with Gasteiger partial charge in [-0.1, -0.05) is 15.9 Å². The molecule has 0 unspecified atom stereocenters. The van der Waals surface area contributed by atoms with Crippen molar-refractivity contribution in [2.75, 3.05) is 25.9 Å². The van der Waals surface area contributed by atoms with E-state index in [0.29, 0.717) is 30.6 Å².